The second-order valence-corrected chi connectivity index (χ2v) is 6.90. The van der Waals surface area contributed by atoms with E-state index < -0.39 is 0 Å². The number of thioether (sulfide) groups is 1. The minimum absolute atomic E-state index is 0.115. The molecule has 1 saturated heterocycles. The Morgan fingerprint density at radius 2 is 1.95 bits per heavy atom. The summed E-state index contributed by atoms with van der Waals surface area (Å²) < 4.78 is 0. The molecule has 1 heterocycles. The summed E-state index contributed by atoms with van der Waals surface area (Å²) in [6, 6.07) is 8.17. The van der Waals surface area contributed by atoms with Gasteiger partial charge in [-0.2, -0.15) is 11.8 Å². The zero-order chi connectivity index (χ0) is 15.9. The monoisotopic (exact) mass is 321 g/mol. The molecule has 4 nitrogen and oxygen atoms in total. The van der Waals surface area contributed by atoms with Crippen LogP contribution in [-0.2, 0) is 11.3 Å². The van der Waals surface area contributed by atoms with Crippen molar-refractivity contribution in [3.8, 4) is 0 Å². The van der Waals surface area contributed by atoms with Crippen molar-refractivity contribution < 1.29 is 4.79 Å². The van der Waals surface area contributed by atoms with E-state index in [-0.39, 0.29) is 11.9 Å². The fourth-order valence-electron chi connectivity index (χ4n) is 2.76. The van der Waals surface area contributed by atoms with Crippen LogP contribution in [0, 0.1) is 6.92 Å². The fraction of sp³-hybridized carbons (Fsp3) is 0.588. The summed E-state index contributed by atoms with van der Waals surface area (Å²) in [7, 11) is 0. The third kappa shape index (κ3) is 4.73. The van der Waals surface area contributed by atoms with Crippen LogP contribution in [0.25, 0.3) is 0 Å². The van der Waals surface area contributed by atoms with Gasteiger partial charge in [0.15, 0.2) is 0 Å². The fourth-order valence-corrected chi connectivity index (χ4v) is 3.25. The van der Waals surface area contributed by atoms with Gasteiger partial charge in [0.1, 0.15) is 0 Å². The normalized spacial score (nSPS) is 17.5. The number of hydrogen-bond acceptors (Lipinski definition) is 4. The van der Waals surface area contributed by atoms with Crippen LogP contribution in [-0.4, -0.2) is 59.9 Å². The summed E-state index contributed by atoms with van der Waals surface area (Å²) in [4.78, 5) is 16.6. The average molecular weight is 321 g/mol. The van der Waals surface area contributed by atoms with Gasteiger partial charge in [-0.25, -0.2) is 0 Å². The van der Waals surface area contributed by atoms with E-state index in [1.54, 1.807) is 11.8 Å². The van der Waals surface area contributed by atoms with Crippen LogP contribution in [0.4, 0.5) is 0 Å². The van der Waals surface area contributed by atoms with Gasteiger partial charge in [0, 0.05) is 32.7 Å². The summed E-state index contributed by atoms with van der Waals surface area (Å²) in [5.41, 5.74) is 8.70. The molecule has 122 valence electrons. The highest BCUT2D eigenvalue weighted by Crippen LogP contribution is 2.13. The minimum Gasteiger partial charge on any atom is -0.339 e. The highest BCUT2D eigenvalue weighted by Gasteiger charge is 2.25. The van der Waals surface area contributed by atoms with Gasteiger partial charge >= 0.3 is 0 Å². The molecule has 1 aromatic rings. The first-order valence-corrected chi connectivity index (χ1v) is 9.31. The number of piperazine rings is 1. The van der Waals surface area contributed by atoms with Crippen LogP contribution in [0.15, 0.2) is 24.3 Å². The number of aryl methyl sites for hydroxylation is 1. The summed E-state index contributed by atoms with van der Waals surface area (Å²) in [5.74, 6) is 1.06. The van der Waals surface area contributed by atoms with Crippen LogP contribution in [0.2, 0.25) is 0 Å². The zero-order valence-corrected chi connectivity index (χ0v) is 14.4. The molecule has 1 unspecified atom stereocenters. The van der Waals surface area contributed by atoms with E-state index in [1.165, 1.54) is 11.1 Å². The maximum Gasteiger partial charge on any atom is 0.239 e. The number of carbonyl (C=O) groups excluding carboxylic acids is 1. The van der Waals surface area contributed by atoms with Gasteiger partial charge in [-0.15, -0.1) is 0 Å². The first-order valence-electron chi connectivity index (χ1n) is 7.92. The average Bonchev–Trinajstić information content (AvgIpc) is 2.55. The molecule has 1 fully saturated rings. The Hall–Kier alpha value is -1.04. The highest BCUT2D eigenvalue weighted by molar-refractivity contribution is 7.98. The lowest BCUT2D eigenvalue weighted by atomic mass is 10.1. The smallest absolute Gasteiger partial charge is 0.239 e. The van der Waals surface area contributed by atoms with Gasteiger partial charge in [0.2, 0.25) is 5.91 Å². The maximum absolute atomic E-state index is 12.3. The maximum atomic E-state index is 12.3. The third-order valence-electron chi connectivity index (χ3n) is 4.29. The molecule has 2 rings (SSSR count). The third-order valence-corrected chi connectivity index (χ3v) is 4.93. The van der Waals surface area contributed by atoms with E-state index in [1.807, 2.05) is 11.2 Å². The molecule has 5 heteroatoms. The van der Waals surface area contributed by atoms with E-state index in [0.717, 1.165) is 44.9 Å². The predicted molar refractivity (Wildman–Crippen MR) is 94.0 cm³/mol. The number of nitrogens with zero attached hydrogens (tertiary/aromatic N) is 2. The predicted octanol–water partition coefficient (Wildman–Crippen LogP) is 1.72. The Labute approximate surface area is 138 Å². The van der Waals surface area contributed by atoms with E-state index in [2.05, 4.69) is 36.1 Å². The first kappa shape index (κ1) is 17.3. The summed E-state index contributed by atoms with van der Waals surface area (Å²) in [5, 5.41) is 0. The molecule has 0 radical (unpaired) electrons. The molecule has 1 aromatic carbocycles. The summed E-state index contributed by atoms with van der Waals surface area (Å²) in [6.45, 7) is 6.55. The lowest BCUT2D eigenvalue weighted by Gasteiger charge is -2.36. The number of hydrogen-bond donors (Lipinski definition) is 1. The number of carbonyl (C=O) groups is 1. The molecule has 22 heavy (non-hydrogen) atoms. The van der Waals surface area contributed by atoms with Gasteiger partial charge < -0.3 is 10.6 Å². The summed E-state index contributed by atoms with van der Waals surface area (Å²) >= 11 is 1.74. The van der Waals surface area contributed by atoms with E-state index in [4.69, 9.17) is 5.73 Å². The van der Waals surface area contributed by atoms with Gasteiger partial charge in [0.25, 0.3) is 0 Å². The Balaban J connectivity index is 1.80. The Bertz CT molecular complexity index is 487. The second-order valence-electron chi connectivity index (χ2n) is 5.92. The minimum atomic E-state index is -0.338. The van der Waals surface area contributed by atoms with Gasteiger partial charge in [-0.3, -0.25) is 9.69 Å². The van der Waals surface area contributed by atoms with Crippen molar-refractivity contribution in [3.63, 3.8) is 0 Å². The Kier molecular flexibility index (Phi) is 6.73. The van der Waals surface area contributed by atoms with Crippen LogP contribution in [0.3, 0.4) is 0 Å². The van der Waals surface area contributed by atoms with Crippen LogP contribution in [0.5, 0.6) is 0 Å². The molecule has 2 N–H and O–H groups in total. The van der Waals surface area contributed by atoms with E-state index in [0.29, 0.717) is 0 Å². The topological polar surface area (TPSA) is 49.6 Å². The molecule has 0 aromatic heterocycles. The van der Waals surface area contributed by atoms with Crippen LogP contribution < -0.4 is 5.73 Å². The molecular weight excluding hydrogens is 294 g/mol. The molecule has 0 saturated carbocycles. The number of benzene rings is 1. The van der Waals surface area contributed by atoms with Crippen molar-refractivity contribution in [1.82, 2.24) is 9.80 Å². The van der Waals surface area contributed by atoms with Crippen molar-refractivity contribution in [2.45, 2.75) is 25.9 Å². The molecular formula is C17H27N3OS. The lowest BCUT2D eigenvalue weighted by Crippen LogP contribution is -2.53. The zero-order valence-electron chi connectivity index (χ0n) is 13.6. The second kappa shape index (κ2) is 8.56. The highest BCUT2D eigenvalue weighted by atomic mass is 32.2. The number of amides is 1. The number of rotatable bonds is 6. The van der Waals surface area contributed by atoms with Gasteiger partial charge in [0.05, 0.1) is 6.04 Å². The molecule has 0 aliphatic carbocycles. The van der Waals surface area contributed by atoms with Crippen LogP contribution >= 0.6 is 11.8 Å². The SMILES string of the molecule is CSCCC(N)C(=O)N1CCN(Cc2ccccc2C)CC1. The number of nitrogens with two attached hydrogens (primary N) is 1. The van der Waals surface area contributed by atoms with Gasteiger partial charge in [-0.05, 0) is 36.5 Å². The Morgan fingerprint density at radius 1 is 1.27 bits per heavy atom. The van der Waals surface area contributed by atoms with Crippen molar-refractivity contribution in [3.05, 3.63) is 35.4 Å². The van der Waals surface area contributed by atoms with Crippen LogP contribution in [0.1, 0.15) is 17.5 Å². The quantitative estimate of drug-likeness (QED) is 0.867. The summed E-state index contributed by atoms with van der Waals surface area (Å²) in [6.07, 6.45) is 2.81. The van der Waals surface area contributed by atoms with Crippen molar-refractivity contribution in [2.24, 2.45) is 5.73 Å². The molecule has 0 bridgehead atoms. The van der Waals surface area contributed by atoms with E-state index in [9.17, 15) is 4.79 Å². The van der Waals surface area contributed by atoms with Gasteiger partial charge in [-0.1, -0.05) is 24.3 Å². The molecule has 0 spiro atoms. The largest absolute Gasteiger partial charge is 0.339 e. The lowest BCUT2D eigenvalue weighted by molar-refractivity contribution is -0.134. The van der Waals surface area contributed by atoms with Crippen molar-refractivity contribution >= 4 is 17.7 Å². The van der Waals surface area contributed by atoms with Crippen molar-refractivity contribution in [1.29, 1.82) is 0 Å². The molecule has 1 atom stereocenters. The standard InChI is InChI=1S/C17H27N3OS/c1-14-5-3-4-6-15(14)13-19-8-10-20(11-9-19)17(21)16(18)7-12-22-2/h3-6,16H,7-13,18H2,1-2H3. The molecule has 1 amide bonds. The molecule has 1 aliphatic rings. The van der Waals surface area contributed by atoms with Crippen molar-refractivity contribution in [2.75, 3.05) is 38.2 Å². The molecule has 1 aliphatic heterocycles. The first-order chi connectivity index (χ1) is 10.6. The van der Waals surface area contributed by atoms with E-state index >= 15 is 0 Å². The Morgan fingerprint density at radius 3 is 2.59 bits per heavy atom.